The number of anilines is 1. The Labute approximate surface area is 156 Å². The first kappa shape index (κ1) is 16.4. The molecule has 128 valence electrons. The quantitative estimate of drug-likeness (QED) is 0.539. The first-order chi connectivity index (χ1) is 12.8. The number of hydrogen-bond acceptors (Lipinski definition) is 5. The minimum absolute atomic E-state index is 0.442. The molecule has 0 fully saturated rings. The second-order valence-electron chi connectivity index (χ2n) is 5.85. The molecule has 0 saturated heterocycles. The van der Waals surface area contributed by atoms with Crippen molar-refractivity contribution in [2.24, 2.45) is 0 Å². The van der Waals surface area contributed by atoms with Gasteiger partial charge in [0.25, 0.3) is 0 Å². The number of benzene rings is 2. The predicted molar refractivity (Wildman–Crippen MR) is 104 cm³/mol. The molecule has 4 rings (SSSR count). The molecule has 0 atom stereocenters. The van der Waals surface area contributed by atoms with E-state index in [-0.39, 0.29) is 0 Å². The van der Waals surface area contributed by atoms with Crippen LogP contribution in [0.25, 0.3) is 11.3 Å². The molecule has 2 heterocycles. The molecule has 4 nitrogen and oxygen atoms in total. The lowest BCUT2D eigenvalue weighted by Crippen LogP contribution is -1.91. The highest BCUT2D eigenvalue weighted by molar-refractivity contribution is 7.99. The van der Waals surface area contributed by atoms with Gasteiger partial charge >= 0.3 is 0 Å². The second-order valence-corrected chi connectivity index (χ2v) is 7.00. The summed E-state index contributed by atoms with van der Waals surface area (Å²) in [6.45, 7) is 0. The molecule has 0 unspecified atom stereocenters. The van der Waals surface area contributed by atoms with Crippen molar-refractivity contribution in [2.75, 3.05) is 5.73 Å². The maximum atomic E-state index is 5.89. The third kappa shape index (κ3) is 3.78. The third-order valence-corrected chi connectivity index (χ3v) is 4.97. The largest absolute Gasteiger partial charge is 0.383 e. The predicted octanol–water partition coefficient (Wildman–Crippen LogP) is 5.06. The minimum Gasteiger partial charge on any atom is -0.383 e. The molecule has 0 amide bonds. The van der Waals surface area contributed by atoms with Crippen LogP contribution in [0.15, 0.2) is 93.3 Å². The van der Waals surface area contributed by atoms with Gasteiger partial charge in [0.2, 0.25) is 0 Å². The van der Waals surface area contributed by atoms with Gasteiger partial charge in [-0.25, -0.2) is 4.98 Å². The van der Waals surface area contributed by atoms with E-state index in [2.05, 4.69) is 46.5 Å². The Hall–Kier alpha value is -3.05. The van der Waals surface area contributed by atoms with Gasteiger partial charge in [0.15, 0.2) is 5.76 Å². The third-order valence-electron chi connectivity index (χ3n) is 3.95. The van der Waals surface area contributed by atoms with Crippen LogP contribution in [-0.4, -0.2) is 10.1 Å². The highest BCUT2D eigenvalue weighted by Gasteiger charge is 2.10. The first-order valence-electron chi connectivity index (χ1n) is 8.26. The molecule has 5 heteroatoms. The average Bonchev–Trinajstić information content (AvgIpc) is 3.13. The normalized spacial score (nSPS) is 10.8. The van der Waals surface area contributed by atoms with Crippen molar-refractivity contribution in [3.63, 3.8) is 0 Å². The molecule has 0 saturated carbocycles. The first-order valence-corrected chi connectivity index (χ1v) is 9.08. The Morgan fingerprint density at radius 1 is 0.885 bits per heavy atom. The van der Waals surface area contributed by atoms with E-state index >= 15 is 0 Å². The summed E-state index contributed by atoms with van der Waals surface area (Å²) in [5.41, 5.74) is 8.71. The number of aromatic nitrogens is 2. The molecule has 2 aromatic heterocycles. The molecule has 0 radical (unpaired) electrons. The summed E-state index contributed by atoms with van der Waals surface area (Å²) in [4.78, 5) is 6.52. The molecular weight excluding hydrogens is 342 g/mol. The number of hydrogen-bond donors (Lipinski definition) is 1. The van der Waals surface area contributed by atoms with Gasteiger partial charge in [-0.3, -0.25) is 0 Å². The Morgan fingerprint density at radius 2 is 1.65 bits per heavy atom. The number of pyridine rings is 1. The van der Waals surface area contributed by atoms with Crippen LogP contribution in [0.2, 0.25) is 0 Å². The minimum atomic E-state index is 0.442. The maximum Gasteiger partial charge on any atom is 0.170 e. The van der Waals surface area contributed by atoms with Crippen molar-refractivity contribution < 1.29 is 4.52 Å². The summed E-state index contributed by atoms with van der Waals surface area (Å²) in [6, 6.07) is 24.5. The summed E-state index contributed by atoms with van der Waals surface area (Å²) in [7, 11) is 0. The molecule has 4 aromatic rings. The molecule has 0 bridgehead atoms. The fourth-order valence-corrected chi connectivity index (χ4v) is 3.49. The topological polar surface area (TPSA) is 64.9 Å². The summed E-state index contributed by atoms with van der Waals surface area (Å²) >= 11 is 1.75. The number of rotatable bonds is 5. The number of nitrogen functional groups attached to an aromatic ring is 1. The zero-order valence-corrected chi connectivity index (χ0v) is 14.8. The van der Waals surface area contributed by atoms with E-state index < -0.39 is 0 Å². The fraction of sp³-hybridized carbons (Fsp3) is 0.0476. The zero-order chi connectivity index (χ0) is 17.8. The Bertz CT molecular complexity index is 997. The Kier molecular flexibility index (Phi) is 4.71. The van der Waals surface area contributed by atoms with Crippen molar-refractivity contribution in [3.05, 3.63) is 90.3 Å². The molecule has 0 aliphatic rings. The van der Waals surface area contributed by atoms with Crippen LogP contribution < -0.4 is 5.73 Å². The van der Waals surface area contributed by atoms with Crippen molar-refractivity contribution in [3.8, 4) is 11.3 Å². The van der Waals surface area contributed by atoms with Crippen LogP contribution >= 0.6 is 11.8 Å². The van der Waals surface area contributed by atoms with Gasteiger partial charge in [-0.2, -0.15) is 0 Å². The SMILES string of the molecule is Nc1ncccc1-c1cc(Cc2ccc(Sc3ccccc3)cc2)no1. The lowest BCUT2D eigenvalue weighted by atomic mass is 10.1. The van der Waals surface area contributed by atoms with Gasteiger partial charge < -0.3 is 10.3 Å². The lowest BCUT2D eigenvalue weighted by Gasteiger charge is -2.03. The summed E-state index contributed by atoms with van der Waals surface area (Å²) in [5.74, 6) is 1.08. The van der Waals surface area contributed by atoms with Gasteiger partial charge in [-0.15, -0.1) is 0 Å². The monoisotopic (exact) mass is 359 g/mol. The zero-order valence-electron chi connectivity index (χ0n) is 14.0. The van der Waals surface area contributed by atoms with Crippen molar-refractivity contribution in [1.82, 2.24) is 10.1 Å². The van der Waals surface area contributed by atoms with Gasteiger partial charge in [0, 0.05) is 28.5 Å². The molecule has 0 aliphatic carbocycles. The van der Waals surface area contributed by atoms with Crippen molar-refractivity contribution >= 4 is 17.6 Å². The number of nitrogens with zero attached hydrogens (tertiary/aromatic N) is 2. The van der Waals surface area contributed by atoms with E-state index in [4.69, 9.17) is 10.3 Å². The highest BCUT2D eigenvalue weighted by atomic mass is 32.2. The molecule has 26 heavy (non-hydrogen) atoms. The van der Waals surface area contributed by atoms with Gasteiger partial charge in [0.05, 0.1) is 11.3 Å². The lowest BCUT2D eigenvalue weighted by molar-refractivity contribution is 0.425. The maximum absolute atomic E-state index is 5.89. The van der Waals surface area contributed by atoms with Gasteiger partial charge in [-0.05, 0) is 42.0 Å². The van der Waals surface area contributed by atoms with Crippen LogP contribution in [-0.2, 0) is 6.42 Å². The summed E-state index contributed by atoms with van der Waals surface area (Å²) < 4.78 is 5.43. The Balaban J connectivity index is 1.46. The molecule has 2 aromatic carbocycles. The highest BCUT2D eigenvalue weighted by Crippen LogP contribution is 2.28. The van der Waals surface area contributed by atoms with Crippen LogP contribution in [0.5, 0.6) is 0 Å². The van der Waals surface area contributed by atoms with Crippen molar-refractivity contribution in [1.29, 1.82) is 0 Å². The molecule has 2 N–H and O–H groups in total. The Morgan fingerprint density at radius 3 is 2.42 bits per heavy atom. The number of nitrogens with two attached hydrogens (primary N) is 1. The van der Waals surface area contributed by atoms with Crippen LogP contribution in [0.1, 0.15) is 11.3 Å². The summed E-state index contributed by atoms with van der Waals surface area (Å²) in [5, 5.41) is 4.16. The fourth-order valence-electron chi connectivity index (χ4n) is 2.66. The van der Waals surface area contributed by atoms with E-state index in [1.807, 2.05) is 36.4 Å². The van der Waals surface area contributed by atoms with Crippen molar-refractivity contribution in [2.45, 2.75) is 16.2 Å². The molecular formula is C21H17N3OS. The van der Waals surface area contributed by atoms with Gasteiger partial charge in [0.1, 0.15) is 5.82 Å². The van der Waals surface area contributed by atoms with E-state index in [0.29, 0.717) is 18.0 Å². The van der Waals surface area contributed by atoms with E-state index in [0.717, 1.165) is 11.3 Å². The second kappa shape index (κ2) is 7.45. The van der Waals surface area contributed by atoms with E-state index in [1.54, 1.807) is 18.0 Å². The average molecular weight is 359 g/mol. The standard InChI is InChI=1S/C21H17N3OS/c22-21-19(7-4-12-23-21)20-14-16(24-25-20)13-15-8-10-18(11-9-15)26-17-5-2-1-3-6-17/h1-12,14H,13H2,(H2,22,23). The molecule has 0 spiro atoms. The van der Waals surface area contributed by atoms with Gasteiger partial charge in [-0.1, -0.05) is 47.3 Å². The smallest absolute Gasteiger partial charge is 0.170 e. The van der Waals surface area contributed by atoms with E-state index in [1.165, 1.54) is 15.4 Å². The van der Waals surface area contributed by atoms with Crippen LogP contribution in [0.3, 0.4) is 0 Å². The van der Waals surface area contributed by atoms with E-state index in [9.17, 15) is 0 Å². The molecule has 0 aliphatic heterocycles. The summed E-state index contributed by atoms with van der Waals surface area (Å²) in [6.07, 6.45) is 2.37. The van der Waals surface area contributed by atoms with Crippen LogP contribution in [0.4, 0.5) is 5.82 Å². The van der Waals surface area contributed by atoms with Crippen LogP contribution in [0, 0.1) is 0 Å².